The molecule has 0 aliphatic rings. The number of halogens is 2. The van der Waals surface area contributed by atoms with Crippen LogP contribution in [-0.2, 0) is 6.61 Å². The second-order valence-corrected chi connectivity index (χ2v) is 5.96. The van der Waals surface area contributed by atoms with Gasteiger partial charge in [-0.1, -0.05) is 17.7 Å². The highest BCUT2D eigenvalue weighted by atomic mass is 35.5. The maximum Gasteiger partial charge on any atom is 0.312 e. The summed E-state index contributed by atoms with van der Waals surface area (Å²) in [6.45, 7) is 1.29. The Kier molecular flexibility index (Phi) is 5.18. The predicted molar refractivity (Wildman–Crippen MR) is 97.0 cm³/mol. The van der Waals surface area contributed by atoms with Gasteiger partial charge in [0.2, 0.25) is 11.2 Å². The van der Waals surface area contributed by atoms with E-state index < -0.39 is 16.2 Å². The molecule has 3 aromatic rings. The molecule has 0 bridgehead atoms. The molecule has 0 saturated carbocycles. The van der Waals surface area contributed by atoms with Crippen LogP contribution in [0, 0.1) is 22.9 Å². The largest absolute Gasteiger partial charge is 0.483 e. The lowest BCUT2D eigenvalue weighted by Crippen LogP contribution is -2.15. The second-order valence-electron chi connectivity index (χ2n) is 5.56. The maximum atomic E-state index is 13.9. The number of nitro groups is 1. The normalized spacial score (nSPS) is 10.6. The highest BCUT2D eigenvalue weighted by Crippen LogP contribution is 2.25. The number of nitrogens with zero attached hydrogens (tertiary/aromatic N) is 3. The van der Waals surface area contributed by atoms with Gasteiger partial charge in [0.1, 0.15) is 12.4 Å². The molecule has 0 unspecified atom stereocenters. The van der Waals surface area contributed by atoms with E-state index in [4.69, 9.17) is 16.3 Å². The molecular formula is C18H13ClFN3O4. The Labute approximate surface area is 157 Å². The molecule has 0 N–H and O–H groups in total. The fourth-order valence-corrected chi connectivity index (χ4v) is 2.77. The molecule has 0 aliphatic heterocycles. The summed E-state index contributed by atoms with van der Waals surface area (Å²) < 4.78 is 20.8. The van der Waals surface area contributed by atoms with Gasteiger partial charge in [0, 0.05) is 30.1 Å². The fraction of sp³-hybridized carbons (Fsp3) is 0.111. The van der Waals surface area contributed by atoms with Gasteiger partial charge >= 0.3 is 5.69 Å². The van der Waals surface area contributed by atoms with Gasteiger partial charge in [-0.05, 0) is 25.1 Å². The van der Waals surface area contributed by atoms with Crippen LogP contribution in [0.3, 0.4) is 0 Å². The van der Waals surface area contributed by atoms with E-state index in [1.54, 1.807) is 6.92 Å². The lowest BCUT2D eigenvalue weighted by Gasteiger charge is -2.15. The average molecular weight is 390 g/mol. The van der Waals surface area contributed by atoms with Crippen molar-refractivity contribution in [2.45, 2.75) is 13.5 Å². The zero-order chi connectivity index (χ0) is 19.6. The summed E-state index contributed by atoms with van der Waals surface area (Å²) in [4.78, 5) is 26.9. The molecule has 138 valence electrons. The Bertz CT molecular complexity index is 1060. The second kappa shape index (κ2) is 7.55. The number of pyridine rings is 2. The van der Waals surface area contributed by atoms with Gasteiger partial charge in [-0.3, -0.25) is 19.5 Å². The molecule has 2 heterocycles. The number of hydrogen-bond donors (Lipinski definition) is 0. The highest BCUT2D eigenvalue weighted by molar-refractivity contribution is 6.31. The molecule has 0 spiro atoms. The zero-order valence-electron chi connectivity index (χ0n) is 14.1. The third kappa shape index (κ3) is 3.65. The van der Waals surface area contributed by atoms with Crippen LogP contribution in [0.4, 0.5) is 10.1 Å². The molecule has 1 aromatic carbocycles. The summed E-state index contributed by atoms with van der Waals surface area (Å²) in [7, 11) is 0. The van der Waals surface area contributed by atoms with E-state index in [9.17, 15) is 19.3 Å². The molecule has 0 saturated heterocycles. The summed E-state index contributed by atoms with van der Waals surface area (Å²) in [5, 5.41) is 11.4. The Morgan fingerprint density at radius 3 is 2.78 bits per heavy atom. The standard InChI is InChI=1S/C18H13ClFN3O4/c1-11-17(27-10-12-13(19)4-2-5-14(12)20)16(24)7-9-22(11)18-15(23(25)26)6-3-8-21-18/h2-9H,10H2,1H3. The van der Waals surface area contributed by atoms with Gasteiger partial charge < -0.3 is 4.74 Å². The Balaban J connectivity index is 2.03. The summed E-state index contributed by atoms with van der Waals surface area (Å²) in [6.07, 6.45) is 2.77. The van der Waals surface area contributed by atoms with Crippen molar-refractivity contribution in [1.29, 1.82) is 0 Å². The van der Waals surface area contributed by atoms with Crippen molar-refractivity contribution in [1.82, 2.24) is 9.55 Å². The molecular weight excluding hydrogens is 377 g/mol. The van der Waals surface area contributed by atoms with Crippen LogP contribution >= 0.6 is 11.6 Å². The molecule has 0 atom stereocenters. The van der Waals surface area contributed by atoms with Gasteiger partial charge in [-0.15, -0.1) is 0 Å². The van der Waals surface area contributed by atoms with Crippen molar-refractivity contribution in [3.8, 4) is 11.6 Å². The predicted octanol–water partition coefficient (Wildman–Crippen LogP) is 3.82. The Morgan fingerprint density at radius 2 is 2.07 bits per heavy atom. The quantitative estimate of drug-likeness (QED) is 0.489. The van der Waals surface area contributed by atoms with Gasteiger partial charge in [0.05, 0.1) is 15.6 Å². The van der Waals surface area contributed by atoms with Crippen molar-refractivity contribution in [2.75, 3.05) is 0 Å². The summed E-state index contributed by atoms with van der Waals surface area (Å²) >= 11 is 5.97. The van der Waals surface area contributed by atoms with Crippen molar-refractivity contribution >= 4 is 17.3 Å². The van der Waals surface area contributed by atoms with Crippen molar-refractivity contribution in [3.63, 3.8) is 0 Å². The van der Waals surface area contributed by atoms with Crippen molar-refractivity contribution in [3.05, 3.63) is 91.2 Å². The van der Waals surface area contributed by atoms with Crippen LogP contribution in [0.25, 0.3) is 5.82 Å². The molecule has 27 heavy (non-hydrogen) atoms. The Hall–Kier alpha value is -3.26. The SMILES string of the molecule is Cc1c(OCc2c(F)cccc2Cl)c(=O)ccn1-c1ncccc1[N+](=O)[O-]. The van der Waals surface area contributed by atoms with Gasteiger partial charge in [0.15, 0.2) is 5.75 Å². The minimum atomic E-state index is -0.570. The Morgan fingerprint density at radius 1 is 1.30 bits per heavy atom. The van der Waals surface area contributed by atoms with Crippen molar-refractivity contribution in [2.24, 2.45) is 0 Å². The summed E-state index contributed by atoms with van der Waals surface area (Å²) in [6, 6.07) is 8.15. The zero-order valence-corrected chi connectivity index (χ0v) is 14.8. The van der Waals surface area contributed by atoms with E-state index >= 15 is 0 Å². The van der Waals surface area contributed by atoms with Crippen LogP contribution < -0.4 is 10.2 Å². The average Bonchev–Trinajstić information content (AvgIpc) is 2.63. The third-order valence-electron chi connectivity index (χ3n) is 3.90. The fourth-order valence-electron chi connectivity index (χ4n) is 2.55. The first-order valence-electron chi connectivity index (χ1n) is 7.78. The van der Waals surface area contributed by atoms with Crippen LogP contribution in [0.1, 0.15) is 11.3 Å². The lowest BCUT2D eigenvalue weighted by molar-refractivity contribution is -0.384. The van der Waals surface area contributed by atoms with Crippen molar-refractivity contribution < 1.29 is 14.1 Å². The minimum absolute atomic E-state index is 0.0359. The summed E-state index contributed by atoms with van der Waals surface area (Å²) in [5.41, 5.74) is -0.281. The minimum Gasteiger partial charge on any atom is -0.483 e. The first kappa shape index (κ1) is 18.5. The topological polar surface area (TPSA) is 87.3 Å². The maximum absolute atomic E-state index is 13.9. The molecule has 0 radical (unpaired) electrons. The lowest BCUT2D eigenvalue weighted by atomic mass is 10.2. The van der Waals surface area contributed by atoms with Gasteiger partial charge in [0.25, 0.3) is 0 Å². The van der Waals surface area contributed by atoms with E-state index in [1.807, 2.05) is 0 Å². The number of benzene rings is 1. The first-order chi connectivity index (χ1) is 12.9. The van der Waals surface area contributed by atoms with Gasteiger partial charge in [-0.2, -0.15) is 0 Å². The molecule has 0 amide bonds. The van der Waals surface area contributed by atoms with E-state index in [0.29, 0.717) is 0 Å². The van der Waals surface area contributed by atoms with E-state index in [-0.39, 0.29) is 40.1 Å². The van der Waals surface area contributed by atoms with Crippen LogP contribution in [0.15, 0.2) is 53.6 Å². The van der Waals surface area contributed by atoms with E-state index in [2.05, 4.69) is 4.98 Å². The number of aromatic nitrogens is 2. The third-order valence-corrected chi connectivity index (χ3v) is 4.26. The number of ether oxygens (including phenoxy) is 1. The van der Waals surface area contributed by atoms with Crippen LogP contribution in [0.5, 0.6) is 5.75 Å². The molecule has 3 rings (SSSR count). The summed E-state index contributed by atoms with van der Waals surface area (Å²) in [5.74, 6) is -0.595. The highest BCUT2D eigenvalue weighted by Gasteiger charge is 2.19. The molecule has 0 fully saturated rings. The van der Waals surface area contributed by atoms with Gasteiger partial charge in [-0.25, -0.2) is 9.37 Å². The van der Waals surface area contributed by atoms with E-state index in [0.717, 1.165) is 0 Å². The molecule has 9 heteroatoms. The van der Waals surface area contributed by atoms with Crippen LogP contribution in [-0.4, -0.2) is 14.5 Å². The van der Waals surface area contributed by atoms with Crippen LogP contribution in [0.2, 0.25) is 5.02 Å². The monoisotopic (exact) mass is 389 g/mol. The molecule has 2 aromatic heterocycles. The molecule has 0 aliphatic carbocycles. The molecule has 7 nitrogen and oxygen atoms in total. The first-order valence-corrected chi connectivity index (χ1v) is 8.15. The number of hydrogen-bond acceptors (Lipinski definition) is 5. The van der Waals surface area contributed by atoms with E-state index in [1.165, 1.54) is 53.4 Å². The smallest absolute Gasteiger partial charge is 0.312 e. The number of rotatable bonds is 5.